The Bertz CT molecular complexity index is 527. The summed E-state index contributed by atoms with van der Waals surface area (Å²) in [4.78, 5) is 15.3. The second kappa shape index (κ2) is 6.91. The van der Waals surface area contributed by atoms with Crippen LogP contribution in [0, 0.1) is 11.8 Å². The van der Waals surface area contributed by atoms with Crippen molar-refractivity contribution in [3.63, 3.8) is 0 Å². The lowest BCUT2D eigenvalue weighted by molar-refractivity contribution is -0.132. The Morgan fingerprint density at radius 1 is 1.30 bits per heavy atom. The van der Waals surface area contributed by atoms with Gasteiger partial charge < -0.3 is 10.1 Å². The van der Waals surface area contributed by atoms with Gasteiger partial charge >= 0.3 is 0 Å². The number of amides is 1. The number of carbonyl (C=O) groups excluding carboxylic acids is 1. The first-order chi connectivity index (χ1) is 11.3. The van der Waals surface area contributed by atoms with E-state index in [-0.39, 0.29) is 17.9 Å². The molecule has 3 atom stereocenters. The van der Waals surface area contributed by atoms with Gasteiger partial charge in [0.15, 0.2) is 0 Å². The Morgan fingerprint density at radius 2 is 2.17 bits per heavy atom. The summed E-state index contributed by atoms with van der Waals surface area (Å²) in [5.74, 6) is 0.776. The summed E-state index contributed by atoms with van der Waals surface area (Å²) in [5, 5.41) is 7.65. The molecule has 3 heterocycles. The van der Waals surface area contributed by atoms with Gasteiger partial charge in [-0.05, 0) is 41.7 Å². The molecule has 3 aliphatic rings. The van der Waals surface area contributed by atoms with Crippen LogP contribution < -0.4 is 5.32 Å². The molecular formula is C18H26N2O2S. The molecule has 3 fully saturated rings. The Labute approximate surface area is 142 Å². The Morgan fingerprint density at radius 3 is 2.96 bits per heavy atom. The monoisotopic (exact) mass is 334 g/mol. The zero-order valence-electron chi connectivity index (χ0n) is 13.6. The van der Waals surface area contributed by atoms with Gasteiger partial charge in [0.25, 0.3) is 0 Å². The maximum atomic E-state index is 12.9. The van der Waals surface area contributed by atoms with Crippen LogP contribution in [0.1, 0.15) is 37.7 Å². The molecule has 4 rings (SSSR count). The fourth-order valence-corrected chi connectivity index (χ4v) is 5.14. The van der Waals surface area contributed by atoms with Crippen LogP contribution in [0.3, 0.4) is 0 Å². The van der Waals surface area contributed by atoms with Gasteiger partial charge in [-0.3, -0.25) is 9.69 Å². The van der Waals surface area contributed by atoms with Gasteiger partial charge in [0.1, 0.15) is 0 Å². The lowest BCUT2D eigenvalue weighted by Crippen LogP contribution is -2.53. The lowest BCUT2D eigenvalue weighted by atomic mass is 9.82. The third kappa shape index (κ3) is 3.47. The molecule has 0 aromatic carbocycles. The highest BCUT2D eigenvalue weighted by Crippen LogP contribution is 2.35. The standard InChI is InChI=1S/C18H26N2O2S/c21-18(19-14-3-1-2-4-14)16-10-20(9-13-6-8-23-12-13)11-17-15(16)5-7-22-17/h6,8,12,14-17H,1-5,7,9-11H2,(H,19,21)/t15-,16-,17+/m1/s1. The average Bonchev–Trinajstić information content (AvgIpc) is 3.28. The molecule has 1 saturated carbocycles. The Hall–Kier alpha value is -0.910. The van der Waals surface area contributed by atoms with Crippen LogP contribution in [0.2, 0.25) is 0 Å². The maximum absolute atomic E-state index is 12.9. The van der Waals surface area contributed by atoms with E-state index in [2.05, 4.69) is 27.0 Å². The van der Waals surface area contributed by atoms with Crippen molar-refractivity contribution >= 4 is 17.2 Å². The number of piperidine rings is 1. The number of rotatable bonds is 4. The summed E-state index contributed by atoms with van der Waals surface area (Å²) < 4.78 is 5.94. The number of carbonyl (C=O) groups is 1. The van der Waals surface area contributed by atoms with Crippen LogP contribution in [0.25, 0.3) is 0 Å². The summed E-state index contributed by atoms with van der Waals surface area (Å²) in [6.07, 6.45) is 6.11. The van der Waals surface area contributed by atoms with E-state index < -0.39 is 0 Å². The molecule has 0 bridgehead atoms. The van der Waals surface area contributed by atoms with Crippen LogP contribution >= 0.6 is 11.3 Å². The van der Waals surface area contributed by atoms with E-state index in [0.717, 1.165) is 45.5 Å². The van der Waals surface area contributed by atoms with Crippen molar-refractivity contribution in [3.8, 4) is 0 Å². The summed E-state index contributed by atoms with van der Waals surface area (Å²) in [5.41, 5.74) is 1.35. The van der Waals surface area contributed by atoms with Gasteiger partial charge in [0, 0.05) is 38.2 Å². The first kappa shape index (κ1) is 15.6. The quantitative estimate of drug-likeness (QED) is 0.920. The number of hydrogen-bond donors (Lipinski definition) is 1. The van der Waals surface area contributed by atoms with Crippen LogP contribution in [0.5, 0.6) is 0 Å². The molecule has 0 radical (unpaired) electrons. The van der Waals surface area contributed by atoms with Crippen molar-refractivity contribution in [1.82, 2.24) is 10.2 Å². The summed E-state index contributed by atoms with van der Waals surface area (Å²) in [7, 11) is 0. The number of nitrogens with one attached hydrogen (secondary N) is 1. The minimum Gasteiger partial charge on any atom is -0.377 e. The fourth-order valence-electron chi connectivity index (χ4n) is 4.48. The topological polar surface area (TPSA) is 41.6 Å². The van der Waals surface area contributed by atoms with Crippen LogP contribution in [-0.2, 0) is 16.1 Å². The number of ether oxygens (including phenoxy) is 1. The minimum atomic E-state index is 0.0930. The maximum Gasteiger partial charge on any atom is 0.225 e. The van der Waals surface area contributed by atoms with Crippen molar-refractivity contribution in [1.29, 1.82) is 0 Å². The lowest BCUT2D eigenvalue weighted by Gasteiger charge is -2.39. The van der Waals surface area contributed by atoms with E-state index in [1.165, 1.54) is 18.4 Å². The van der Waals surface area contributed by atoms with Crippen molar-refractivity contribution in [2.75, 3.05) is 19.7 Å². The molecule has 1 amide bonds. The molecule has 1 aromatic heterocycles. The number of likely N-dealkylation sites (tertiary alicyclic amines) is 1. The van der Waals surface area contributed by atoms with E-state index in [1.54, 1.807) is 11.3 Å². The highest BCUT2D eigenvalue weighted by Gasteiger charge is 2.44. The molecule has 0 spiro atoms. The number of nitrogens with zero attached hydrogens (tertiary/aromatic N) is 1. The zero-order valence-corrected chi connectivity index (χ0v) is 14.4. The molecular weight excluding hydrogens is 308 g/mol. The molecule has 5 heteroatoms. The smallest absolute Gasteiger partial charge is 0.225 e. The number of hydrogen-bond acceptors (Lipinski definition) is 4. The summed E-state index contributed by atoms with van der Waals surface area (Å²) in [6, 6.07) is 2.59. The molecule has 1 aromatic rings. The minimum absolute atomic E-state index is 0.0930. The highest BCUT2D eigenvalue weighted by atomic mass is 32.1. The first-order valence-electron chi connectivity index (χ1n) is 8.95. The van der Waals surface area contributed by atoms with Crippen LogP contribution in [0.15, 0.2) is 16.8 Å². The van der Waals surface area contributed by atoms with Crippen molar-refractivity contribution in [2.24, 2.45) is 11.8 Å². The predicted octanol–water partition coefficient (Wildman–Crippen LogP) is 2.64. The van der Waals surface area contributed by atoms with Gasteiger partial charge in [-0.2, -0.15) is 11.3 Å². The van der Waals surface area contributed by atoms with E-state index in [4.69, 9.17) is 4.74 Å². The van der Waals surface area contributed by atoms with E-state index in [1.807, 2.05) is 0 Å². The van der Waals surface area contributed by atoms with Crippen molar-refractivity contribution in [3.05, 3.63) is 22.4 Å². The first-order valence-corrected chi connectivity index (χ1v) is 9.89. The third-order valence-corrected chi connectivity index (χ3v) is 6.43. The fraction of sp³-hybridized carbons (Fsp3) is 0.722. The normalized spacial score (nSPS) is 32.1. The van der Waals surface area contributed by atoms with Crippen LogP contribution in [0.4, 0.5) is 0 Å². The summed E-state index contributed by atoms with van der Waals surface area (Å²) in [6.45, 7) is 3.59. The molecule has 2 saturated heterocycles. The largest absolute Gasteiger partial charge is 0.377 e. The van der Waals surface area contributed by atoms with Gasteiger partial charge in [0.05, 0.1) is 12.0 Å². The van der Waals surface area contributed by atoms with Crippen LogP contribution in [-0.4, -0.2) is 42.6 Å². The van der Waals surface area contributed by atoms with E-state index in [9.17, 15) is 4.79 Å². The highest BCUT2D eigenvalue weighted by molar-refractivity contribution is 7.07. The SMILES string of the molecule is O=C(NC1CCCC1)[C@@H]1CN(Cc2ccsc2)C[C@@H]2OCC[C@@H]21. The van der Waals surface area contributed by atoms with E-state index >= 15 is 0 Å². The van der Waals surface area contributed by atoms with Gasteiger partial charge in [0.2, 0.25) is 5.91 Å². The Balaban J connectivity index is 1.43. The number of fused-ring (bicyclic) bond motifs is 1. The summed E-state index contributed by atoms with van der Waals surface area (Å²) >= 11 is 1.74. The number of thiophene rings is 1. The zero-order chi connectivity index (χ0) is 15.6. The molecule has 2 aliphatic heterocycles. The molecule has 1 N–H and O–H groups in total. The molecule has 4 nitrogen and oxygen atoms in total. The average molecular weight is 334 g/mol. The predicted molar refractivity (Wildman–Crippen MR) is 91.3 cm³/mol. The second-order valence-corrected chi connectivity index (χ2v) is 8.06. The third-order valence-electron chi connectivity index (χ3n) is 5.70. The van der Waals surface area contributed by atoms with Crippen molar-refractivity contribution < 1.29 is 9.53 Å². The molecule has 126 valence electrons. The Kier molecular flexibility index (Phi) is 4.69. The second-order valence-electron chi connectivity index (χ2n) is 7.28. The van der Waals surface area contributed by atoms with E-state index in [0.29, 0.717) is 12.0 Å². The molecule has 23 heavy (non-hydrogen) atoms. The molecule has 0 unspecified atom stereocenters. The van der Waals surface area contributed by atoms with Gasteiger partial charge in [-0.1, -0.05) is 12.8 Å². The molecule has 1 aliphatic carbocycles. The van der Waals surface area contributed by atoms with Gasteiger partial charge in [-0.25, -0.2) is 0 Å². The van der Waals surface area contributed by atoms with Gasteiger partial charge in [-0.15, -0.1) is 0 Å². The van der Waals surface area contributed by atoms with Crippen molar-refractivity contribution in [2.45, 2.75) is 50.8 Å².